The molecule has 2 rings (SSSR count). The standard InChI is InChI=1S/C18H26N2O4/c1-23-16-11-14(7-8-15(16)24-12-17(19)21)18(22)20-10-9-13-5-3-2-4-6-13/h7-8,11,13H,2-6,9-10,12H2,1H3,(H2,19,21)(H,20,22). The van der Waals surface area contributed by atoms with Crippen LogP contribution >= 0.6 is 0 Å². The highest BCUT2D eigenvalue weighted by Gasteiger charge is 2.15. The number of amides is 2. The summed E-state index contributed by atoms with van der Waals surface area (Å²) in [6.07, 6.45) is 7.53. The van der Waals surface area contributed by atoms with E-state index in [1.807, 2.05) is 0 Å². The first kappa shape index (κ1) is 18.1. The van der Waals surface area contributed by atoms with E-state index in [-0.39, 0.29) is 12.5 Å². The Morgan fingerprint density at radius 1 is 1.21 bits per heavy atom. The maximum Gasteiger partial charge on any atom is 0.255 e. The van der Waals surface area contributed by atoms with Crippen LogP contribution in [0.5, 0.6) is 11.5 Å². The van der Waals surface area contributed by atoms with E-state index >= 15 is 0 Å². The Balaban J connectivity index is 1.87. The molecule has 1 fully saturated rings. The number of nitrogens with two attached hydrogens (primary N) is 1. The quantitative estimate of drug-likeness (QED) is 0.763. The lowest BCUT2D eigenvalue weighted by molar-refractivity contribution is -0.119. The fraction of sp³-hybridized carbons (Fsp3) is 0.556. The molecule has 0 heterocycles. The highest BCUT2D eigenvalue weighted by molar-refractivity contribution is 5.94. The lowest BCUT2D eigenvalue weighted by atomic mass is 9.87. The van der Waals surface area contributed by atoms with Crippen molar-refractivity contribution in [1.82, 2.24) is 5.32 Å². The average Bonchev–Trinajstić information content (AvgIpc) is 2.60. The van der Waals surface area contributed by atoms with Gasteiger partial charge >= 0.3 is 0 Å². The number of primary amides is 1. The summed E-state index contributed by atoms with van der Waals surface area (Å²) in [4.78, 5) is 23.0. The summed E-state index contributed by atoms with van der Waals surface area (Å²) >= 11 is 0. The lowest BCUT2D eigenvalue weighted by Gasteiger charge is -2.21. The number of methoxy groups -OCH3 is 1. The second kappa shape index (κ2) is 9.15. The SMILES string of the molecule is COc1cc(C(=O)NCCC2CCCCC2)ccc1OCC(N)=O. The minimum Gasteiger partial charge on any atom is -0.493 e. The van der Waals surface area contributed by atoms with Gasteiger partial charge in [-0.05, 0) is 30.5 Å². The maximum absolute atomic E-state index is 12.3. The van der Waals surface area contributed by atoms with Gasteiger partial charge in [-0.2, -0.15) is 0 Å². The molecule has 0 radical (unpaired) electrons. The summed E-state index contributed by atoms with van der Waals surface area (Å²) in [5, 5.41) is 2.96. The molecule has 1 saturated carbocycles. The van der Waals surface area contributed by atoms with Crippen LogP contribution in [0.1, 0.15) is 48.9 Å². The van der Waals surface area contributed by atoms with Crippen LogP contribution in [0.3, 0.4) is 0 Å². The van der Waals surface area contributed by atoms with E-state index in [9.17, 15) is 9.59 Å². The van der Waals surface area contributed by atoms with E-state index in [0.717, 1.165) is 12.3 Å². The molecule has 3 N–H and O–H groups in total. The van der Waals surface area contributed by atoms with Gasteiger partial charge < -0.3 is 20.5 Å². The Hall–Kier alpha value is -2.24. The normalized spacial score (nSPS) is 14.9. The molecule has 0 saturated heterocycles. The molecule has 132 valence electrons. The number of carbonyl (C=O) groups excluding carboxylic acids is 2. The fourth-order valence-corrected chi connectivity index (χ4v) is 3.04. The van der Waals surface area contributed by atoms with Crippen molar-refractivity contribution in [3.05, 3.63) is 23.8 Å². The van der Waals surface area contributed by atoms with Crippen molar-refractivity contribution >= 4 is 11.8 Å². The molecule has 0 bridgehead atoms. The van der Waals surface area contributed by atoms with Gasteiger partial charge in [-0.1, -0.05) is 32.1 Å². The van der Waals surface area contributed by atoms with Gasteiger partial charge in [0.05, 0.1) is 7.11 Å². The van der Waals surface area contributed by atoms with Crippen LogP contribution in [0.4, 0.5) is 0 Å². The molecule has 6 nitrogen and oxygen atoms in total. The monoisotopic (exact) mass is 334 g/mol. The summed E-state index contributed by atoms with van der Waals surface area (Å²) in [5.74, 6) is 0.816. The molecule has 6 heteroatoms. The van der Waals surface area contributed by atoms with Crippen molar-refractivity contribution in [2.75, 3.05) is 20.3 Å². The van der Waals surface area contributed by atoms with E-state index in [0.29, 0.717) is 23.6 Å². The van der Waals surface area contributed by atoms with Gasteiger partial charge in [-0.25, -0.2) is 0 Å². The minimum atomic E-state index is -0.568. The summed E-state index contributed by atoms with van der Waals surface area (Å²) in [7, 11) is 1.48. The van der Waals surface area contributed by atoms with Gasteiger partial charge in [-0.15, -0.1) is 0 Å². The predicted molar refractivity (Wildman–Crippen MR) is 91.2 cm³/mol. The van der Waals surface area contributed by atoms with E-state index in [1.54, 1.807) is 18.2 Å². The van der Waals surface area contributed by atoms with E-state index in [4.69, 9.17) is 15.2 Å². The topological polar surface area (TPSA) is 90.7 Å². The smallest absolute Gasteiger partial charge is 0.255 e. The molecule has 0 aromatic heterocycles. The van der Waals surface area contributed by atoms with Gasteiger partial charge in [0, 0.05) is 12.1 Å². The fourth-order valence-electron chi connectivity index (χ4n) is 3.04. The number of carbonyl (C=O) groups is 2. The van der Waals surface area contributed by atoms with Crippen molar-refractivity contribution < 1.29 is 19.1 Å². The average molecular weight is 334 g/mol. The zero-order chi connectivity index (χ0) is 17.4. The summed E-state index contributed by atoms with van der Waals surface area (Å²) in [6.45, 7) is 0.453. The summed E-state index contributed by atoms with van der Waals surface area (Å²) < 4.78 is 10.5. The lowest BCUT2D eigenvalue weighted by Crippen LogP contribution is -2.26. The van der Waals surface area contributed by atoms with Crippen molar-refractivity contribution in [3.63, 3.8) is 0 Å². The number of benzene rings is 1. The Morgan fingerprint density at radius 3 is 2.62 bits per heavy atom. The molecule has 1 aromatic rings. The van der Waals surface area contributed by atoms with Crippen LogP contribution in [0.25, 0.3) is 0 Å². The Labute approximate surface area is 142 Å². The minimum absolute atomic E-state index is 0.134. The Kier molecular flexibility index (Phi) is 6.90. The predicted octanol–water partition coefficient (Wildman–Crippen LogP) is 2.26. The molecule has 0 unspecified atom stereocenters. The van der Waals surface area contributed by atoms with Gasteiger partial charge in [-0.3, -0.25) is 9.59 Å². The Morgan fingerprint density at radius 2 is 1.96 bits per heavy atom. The van der Waals surface area contributed by atoms with Crippen molar-refractivity contribution in [1.29, 1.82) is 0 Å². The zero-order valence-electron chi connectivity index (χ0n) is 14.2. The van der Waals surface area contributed by atoms with Gasteiger partial charge in [0.15, 0.2) is 18.1 Å². The van der Waals surface area contributed by atoms with E-state index < -0.39 is 5.91 Å². The zero-order valence-corrected chi connectivity index (χ0v) is 14.2. The summed E-state index contributed by atoms with van der Waals surface area (Å²) in [6, 6.07) is 4.86. The number of nitrogens with one attached hydrogen (secondary N) is 1. The van der Waals surface area contributed by atoms with Crippen molar-refractivity contribution in [3.8, 4) is 11.5 Å². The van der Waals surface area contributed by atoms with Crippen molar-refractivity contribution in [2.24, 2.45) is 11.7 Å². The second-order valence-electron chi connectivity index (χ2n) is 6.17. The molecule has 1 aromatic carbocycles. The maximum atomic E-state index is 12.3. The third-order valence-electron chi connectivity index (χ3n) is 4.36. The largest absolute Gasteiger partial charge is 0.493 e. The number of rotatable bonds is 8. The number of ether oxygens (including phenoxy) is 2. The van der Waals surface area contributed by atoms with Crippen LogP contribution in [-0.2, 0) is 4.79 Å². The third-order valence-corrected chi connectivity index (χ3v) is 4.36. The first-order chi connectivity index (χ1) is 11.6. The van der Waals surface area contributed by atoms with Crippen LogP contribution < -0.4 is 20.5 Å². The molecule has 0 aliphatic heterocycles. The molecule has 0 spiro atoms. The number of hydrogen-bond acceptors (Lipinski definition) is 4. The molecule has 1 aliphatic carbocycles. The summed E-state index contributed by atoms with van der Waals surface area (Å²) in [5.41, 5.74) is 5.56. The molecular weight excluding hydrogens is 308 g/mol. The Bertz CT molecular complexity index is 568. The van der Waals surface area contributed by atoms with Gasteiger partial charge in [0.2, 0.25) is 0 Å². The van der Waals surface area contributed by atoms with Gasteiger partial charge in [0.1, 0.15) is 0 Å². The highest BCUT2D eigenvalue weighted by Crippen LogP contribution is 2.28. The highest BCUT2D eigenvalue weighted by atomic mass is 16.5. The van der Waals surface area contributed by atoms with Crippen LogP contribution in [0.2, 0.25) is 0 Å². The first-order valence-corrected chi connectivity index (χ1v) is 8.47. The molecule has 2 amide bonds. The molecular formula is C18H26N2O4. The van der Waals surface area contributed by atoms with E-state index in [1.165, 1.54) is 39.2 Å². The van der Waals surface area contributed by atoms with Crippen LogP contribution in [-0.4, -0.2) is 32.1 Å². The second-order valence-corrected chi connectivity index (χ2v) is 6.17. The van der Waals surface area contributed by atoms with Gasteiger partial charge in [0.25, 0.3) is 11.8 Å². The van der Waals surface area contributed by atoms with Crippen molar-refractivity contribution in [2.45, 2.75) is 38.5 Å². The molecule has 1 aliphatic rings. The molecule has 24 heavy (non-hydrogen) atoms. The number of hydrogen-bond donors (Lipinski definition) is 2. The van der Waals surface area contributed by atoms with E-state index in [2.05, 4.69) is 5.32 Å². The first-order valence-electron chi connectivity index (χ1n) is 8.47. The van der Waals surface area contributed by atoms with Crippen LogP contribution in [0.15, 0.2) is 18.2 Å². The third kappa shape index (κ3) is 5.44. The van der Waals surface area contributed by atoms with Crippen LogP contribution in [0, 0.1) is 5.92 Å². The molecule has 0 atom stereocenters.